The van der Waals surface area contributed by atoms with Gasteiger partial charge in [-0.1, -0.05) is 48.5 Å². The number of carbonyl (C=O) groups is 3. The number of alkyl carbamates (subject to hydrolysis) is 1. The lowest BCUT2D eigenvalue weighted by atomic mass is 9.98. The summed E-state index contributed by atoms with van der Waals surface area (Å²) in [7, 11) is 0. The molecular formula is C22H22N2O6. The Kier molecular flexibility index (Phi) is 5.67. The normalized spacial score (nSPS) is 15.6. The molecule has 0 spiro atoms. The molecule has 1 unspecified atom stereocenters. The number of fused-ring (bicyclic) bond motifs is 3. The largest absolute Gasteiger partial charge is 0.479 e. The molecule has 0 aromatic heterocycles. The lowest BCUT2D eigenvalue weighted by Crippen LogP contribution is -2.41. The number of rotatable bonds is 8. The maximum absolute atomic E-state index is 12.0. The summed E-state index contributed by atoms with van der Waals surface area (Å²) in [5.41, 5.74) is 6.52. The van der Waals surface area contributed by atoms with Gasteiger partial charge in [0.2, 0.25) is 0 Å². The van der Waals surface area contributed by atoms with E-state index in [1.54, 1.807) is 0 Å². The van der Waals surface area contributed by atoms with E-state index >= 15 is 0 Å². The molecule has 8 nitrogen and oxygen atoms in total. The van der Waals surface area contributed by atoms with Crippen molar-refractivity contribution >= 4 is 18.0 Å². The number of hydrogen-bond donors (Lipinski definition) is 3. The zero-order valence-corrected chi connectivity index (χ0v) is 16.2. The van der Waals surface area contributed by atoms with Crippen molar-refractivity contribution in [3.05, 3.63) is 59.7 Å². The van der Waals surface area contributed by atoms with Crippen molar-refractivity contribution < 1.29 is 29.1 Å². The van der Waals surface area contributed by atoms with Crippen LogP contribution in [0.2, 0.25) is 0 Å². The molecule has 8 heteroatoms. The van der Waals surface area contributed by atoms with Crippen LogP contribution in [0.3, 0.4) is 0 Å². The lowest BCUT2D eigenvalue weighted by Gasteiger charge is -2.15. The molecule has 1 saturated carbocycles. The molecule has 2 aliphatic carbocycles. The third-order valence-corrected chi connectivity index (χ3v) is 5.33. The molecule has 1 fully saturated rings. The zero-order valence-electron chi connectivity index (χ0n) is 16.2. The first-order valence-electron chi connectivity index (χ1n) is 9.80. The number of amides is 2. The summed E-state index contributed by atoms with van der Waals surface area (Å²) in [5, 5.41) is 11.4. The topological polar surface area (TPSA) is 114 Å². The second-order valence-corrected chi connectivity index (χ2v) is 7.42. The summed E-state index contributed by atoms with van der Waals surface area (Å²) in [6.45, 7) is -0.242. The summed E-state index contributed by atoms with van der Waals surface area (Å²) < 4.78 is 5.34. The summed E-state index contributed by atoms with van der Waals surface area (Å²) in [6.07, 6.45) is -0.289. The molecule has 2 aliphatic rings. The summed E-state index contributed by atoms with van der Waals surface area (Å²) >= 11 is 0. The van der Waals surface area contributed by atoms with E-state index in [0.717, 1.165) is 35.1 Å². The Morgan fingerprint density at radius 2 is 1.60 bits per heavy atom. The molecule has 30 heavy (non-hydrogen) atoms. The Balaban J connectivity index is 1.26. The number of hydroxylamine groups is 1. The van der Waals surface area contributed by atoms with Crippen molar-refractivity contribution in [1.82, 2.24) is 10.8 Å². The molecular weight excluding hydrogens is 388 g/mol. The highest BCUT2D eigenvalue weighted by molar-refractivity contribution is 5.82. The van der Waals surface area contributed by atoms with Gasteiger partial charge in [-0.3, -0.25) is 9.63 Å². The first-order chi connectivity index (χ1) is 14.5. The molecule has 0 heterocycles. The second-order valence-electron chi connectivity index (χ2n) is 7.42. The molecule has 1 atom stereocenters. The maximum Gasteiger partial charge on any atom is 0.407 e. The number of nitrogens with one attached hydrogen (secondary N) is 2. The fourth-order valence-electron chi connectivity index (χ4n) is 3.71. The van der Waals surface area contributed by atoms with Gasteiger partial charge in [-0.15, -0.1) is 0 Å². The lowest BCUT2D eigenvalue weighted by molar-refractivity contribution is -0.162. The first kappa shape index (κ1) is 19.9. The molecule has 0 bridgehead atoms. The van der Waals surface area contributed by atoms with Crippen LogP contribution in [0.15, 0.2) is 48.5 Å². The Hall–Kier alpha value is -3.39. The highest BCUT2D eigenvalue weighted by atomic mass is 16.7. The van der Waals surface area contributed by atoms with Crippen molar-refractivity contribution in [2.45, 2.75) is 24.9 Å². The summed E-state index contributed by atoms with van der Waals surface area (Å²) in [5.74, 6) is -1.94. The van der Waals surface area contributed by atoms with Gasteiger partial charge >= 0.3 is 12.1 Å². The SMILES string of the molecule is O=C(CNC(=O)OCC1c2ccccc2-c2ccccc21)NOC(C(=O)O)C1CC1. The second kappa shape index (κ2) is 8.54. The molecule has 0 aliphatic heterocycles. The van der Waals surface area contributed by atoms with Crippen LogP contribution in [0.1, 0.15) is 29.9 Å². The molecule has 2 amide bonds. The van der Waals surface area contributed by atoms with Crippen LogP contribution >= 0.6 is 0 Å². The quantitative estimate of drug-likeness (QED) is 0.576. The average Bonchev–Trinajstić information content (AvgIpc) is 3.53. The monoisotopic (exact) mass is 410 g/mol. The van der Waals surface area contributed by atoms with E-state index in [0.29, 0.717) is 0 Å². The minimum Gasteiger partial charge on any atom is -0.479 e. The molecule has 3 N–H and O–H groups in total. The van der Waals surface area contributed by atoms with Gasteiger partial charge in [-0.05, 0) is 41.0 Å². The number of aliphatic carboxylic acids is 1. The van der Waals surface area contributed by atoms with Crippen molar-refractivity contribution in [2.24, 2.45) is 5.92 Å². The Morgan fingerprint density at radius 1 is 1.00 bits per heavy atom. The van der Waals surface area contributed by atoms with E-state index in [4.69, 9.17) is 14.7 Å². The van der Waals surface area contributed by atoms with Gasteiger partial charge in [0.1, 0.15) is 13.2 Å². The van der Waals surface area contributed by atoms with E-state index in [2.05, 4.69) is 10.8 Å². The van der Waals surface area contributed by atoms with Gasteiger partial charge in [0.15, 0.2) is 6.10 Å². The predicted octanol–water partition coefficient (Wildman–Crippen LogP) is 2.44. The molecule has 2 aromatic carbocycles. The van der Waals surface area contributed by atoms with Crippen LogP contribution in [0.5, 0.6) is 0 Å². The fraction of sp³-hybridized carbons (Fsp3) is 0.318. The van der Waals surface area contributed by atoms with Crippen LogP contribution in [0.4, 0.5) is 4.79 Å². The zero-order chi connectivity index (χ0) is 21.1. The van der Waals surface area contributed by atoms with Crippen molar-refractivity contribution in [2.75, 3.05) is 13.2 Å². The van der Waals surface area contributed by atoms with Gasteiger partial charge in [-0.25, -0.2) is 15.1 Å². The summed E-state index contributed by atoms with van der Waals surface area (Å²) in [6, 6.07) is 16.0. The Bertz CT molecular complexity index is 926. The molecule has 156 valence electrons. The van der Waals surface area contributed by atoms with E-state index in [9.17, 15) is 14.4 Å². The van der Waals surface area contributed by atoms with Gasteiger partial charge < -0.3 is 15.2 Å². The van der Waals surface area contributed by atoms with E-state index in [-0.39, 0.29) is 25.0 Å². The van der Waals surface area contributed by atoms with E-state index < -0.39 is 24.1 Å². The van der Waals surface area contributed by atoms with Gasteiger partial charge in [0.05, 0.1) is 0 Å². The summed E-state index contributed by atoms with van der Waals surface area (Å²) in [4.78, 5) is 39.9. The Morgan fingerprint density at radius 3 is 2.17 bits per heavy atom. The first-order valence-corrected chi connectivity index (χ1v) is 9.80. The minimum absolute atomic E-state index is 0.0739. The van der Waals surface area contributed by atoms with Crippen LogP contribution in [-0.4, -0.2) is 42.3 Å². The maximum atomic E-state index is 12.0. The highest BCUT2D eigenvalue weighted by Gasteiger charge is 2.38. The predicted molar refractivity (Wildman–Crippen MR) is 106 cm³/mol. The molecule has 2 aromatic rings. The molecule has 0 radical (unpaired) electrons. The van der Waals surface area contributed by atoms with Crippen LogP contribution < -0.4 is 10.8 Å². The smallest absolute Gasteiger partial charge is 0.407 e. The number of hydrogen-bond acceptors (Lipinski definition) is 5. The fourth-order valence-corrected chi connectivity index (χ4v) is 3.71. The number of carbonyl (C=O) groups excluding carboxylic acids is 2. The van der Waals surface area contributed by atoms with Crippen molar-refractivity contribution in [3.8, 4) is 11.1 Å². The van der Waals surface area contributed by atoms with Gasteiger partial charge in [0.25, 0.3) is 5.91 Å². The third-order valence-electron chi connectivity index (χ3n) is 5.33. The minimum atomic E-state index is -1.12. The Labute approximate surface area is 173 Å². The van der Waals surface area contributed by atoms with E-state index in [1.807, 2.05) is 48.5 Å². The molecule has 4 rings (SSSR count). The van der Waals surface area contributed by atoms with Crippen LogP contribution in [-0.2, 0) is 19.2 Å². The van der Waals surface area contributed by atoms with Gasteiger partial charge in [0, 0.05) is 5.92 Å². The molecule has 0 saturated heterocycles. The highest BCUT2D eigenvalue weighted by Crippen LogP contribution is 2.44. The van der Waals surface area contributed by atoms with Crippen LogP contribution in [0.25, 0.3) is 11.1 Å². The van der Waals surface area contributed by atoms with Crippen molar-refractivity contribution in [3.63, 3.8) is 0 Å². The number of ether oxygens (including phenoxy) is 1. The third kappa shape index (κ3) is 4.28. The number of benzene rings is 2. The standard InChI is InChI=1S/C22H22N2O6/c25-19(24-30-20(21(26)27)13-9-10-13)11-23-22(28)29-12-18-16-7-3-1-5-14(16)15-6-2-4-8-17(15)18/h1-8,13,18,20H,9-12H2,(H,23,28)(H,24,25)(H,26,27). The van der Waals surface area contributed by atoms with Crippen LogP contribution in [0, 0.1) is 5.92 Å². The number of carboxylic acid groups (broad SMARTS) is 1. The van der Waals surface area contributed by atoms with Crippen molar-refractivity contribution in [1.29, 1.82) is 0 Å². The van der Waals surface area contributed by atoms with E-state index in [1.165, 1.54) is 0 Å². The number of carboxylic acids is 1. The average molecular weight is 410 g/mol. The van der Waals surface area contributed by atoms with Gasteiger partial charge in [-0.2, -0.15) is 0 Å².